The smallest absolute Gasteiger partial charge is 0.260 e. The van der Waals surface area contributed by atoms with Gasteiger partial charge < -0.3 is 5.73 Å². The van der Waals surface area contributed by atoms with Crippen LogP contribution in [0.2, 0.25) is 0 Å². The highest BCUT2D eigenvalue weighted by Gasteiger charge is 2.33. The molecule has 18 heavy (non-hydrogen) atoms. The Morgan fingerprint density at radius 3 is 2.61 bits per heavy atom. The normalized spacial score (nSPS) is 25.5. The first-order chi connectivity index (χ1) is 8.55. The molecule has 7 heteroatoms. The Bertz CT molecular complexity index is 463. The van der Waals surface area contributed by atoms with Gasteiger partial charge in [0.2, 0.25) is 0 Å². The van der Waals surface area contributed by atoms with Gasteiger partial charge in [-0.2, -0.15) is 9.40 Å². The fraction of sp³-hybridized carbons (Fsp3) is 0.727. The van der Waals surface area contributed by atoms with Crippen molar-refractivity contribution >= 4 is 10.0 Å². The number of sulfonamides is 1. The van der Waals surface area contributed by atoms with Crippen molar-refractivity contribution in [2.24, 2.45) is 5.73 Å². The van der Waals surface area contributed by atoms with Gasteiger partial charge in [0.15, 0.2) is 5.03 Å². The van der Waals surface area contributed by atoms with E-state index in [1.54, 1.807) is 4.31 Å². The Labute approximate surface area is 108 Å². The quantitative estimate of drug-likeness (QED) is 0.843. The van der Waals surface area contributed by atoms with Crippen LogP contribution in [0.1, 0.15) is 32.6 Å². The van der Waals surface area contributed by atoms with E-state index in [9.17, 15) is 8.42 Å². The number of hydrogen-bond acceptors (Lipinski definition) is 4. The van der Waals surface area contributed by atoms with E-state index < -0.39 is 10.0 Å². The van der Waals surface area contributed by atoms with Crippen molar-refractivity contribution < 1.29 is 8.42 Å². The van der Waals surface area contributed by atoms with E-state index in [-0.39, 0.29) is 17.1 Å². The van der Waals surface area contributed by atoms with Crippen LogP contribution in [0.25, 0.3) is 0 Å². The number of aromatic amines is 1. The van der Waals surface area contributed by atoms with Gasteiger partial charge in [-0.15, -0.1) is 0 Å². The summed E-state index contributed by atoms with van der Waals surface area (Å²) in [5.41, 5.74) is 5.86. The number of H-pyrrole nitrogens is 1. The Balaban J connectivity index is 2.18. The van der Waals surface area contributed by atoms with Crippen LogP contribution in [-0.2, 0) is 10.0 Å². The molecule has 1 aromatic heterocycles. The second-order valence-electron chi connectivity index (χ2n) is 4.70. The molecule has 2 rings (SSSR count). The van der Waals surface area contributed by atoms with Gasteiger partial charge in [-0.3, -0.25) is 5.10 Å². The van der Waals surface area contributed by atoms with Crippen molar-refractivity contribution in [3.05, 3.63) is 12.3 Å². The van der Waals surface area contributed by atoms with Crippen molar-refractivity contribution in [3.8, 4) is 0 Å². The first-order valence-corrected chi connectivity index (χ1v) is 7.76. The van der Waals surface area contributed by atoms with Crippen molar-refractivity contribution in [2.45, 2.75) is 49.7 Å². The maximum atomic E-state index is 12.4. The summed E-state index contributed by atoms with van der Waals surface area (Å²) in [6.45, 7) is 2.34. The minimum absolute atomic E-state index is 0.0584. The molecule has 0 bridgehead atoms. The molecule has 102 valence electrons. The van der Waals surface area contributed by atoms with E-state index >= 15 is 0 Å². The second kappa shape index (κ2) is 5.38. The molecule has 1 heterocycles. The van der Waals surface area contributed by atoms with Crippen molar-refractivity contribution in [2.75, 3.05) is 6.54 Å². The molecule has 0 atom stereocenters. The molecule has 3 N–H and O–H groups in total. The van der Waals surface area contributed by atoms with E-state index in [0.717, 1.165) is 25.7 Å². The Kier molecular flexibility index (Phi) is 4.04. The third kappa shape index (κ3) is 2.57. The van der Waals surface area contributed by atoms with Crippen LogP contribution in [0.3, 0.4) is 0 Å². The summed E-state index contributed by atoms with van der Waals surface area (Å²) >= 11 is 0. The molecule has 1 saturated carbocycles. The predicted molar refractivity (Wildman–Crippen MR) is 68.4 cm³/mol. The highest BCUT2D eigenvalue weighted by Crippen LogP contribution is 2.26. The summed E-state index contributed by atoms with van der Waals surface area (Å²) in [4.78, 5) is 0. The largest absolute Gasteiger partial charge is 0.328 e. The zero-order chi connectivity index (χ0) is 13.2. The zero-order valence-electron chi connectivity index (χ0n) is 10.5. The average Bonchev–Trinajstić information content (AvgIpc) is 2.86. The summed E-state index contributed by atoms with van der Waals surface area (Å²) in [5.74, 6) is 0. The van der Waals surface area contributed by atoms with E-state index in [2.05, 4.69) is 10.2 Å². The Morgan fingerprint density at radius 1 is 1.44 bits per heavy atom. The van der Waals surface area contributed by atoms with Crippen LogP contribution in [-0.4, -0.2) is 41.5 Å². The molecule has 0 aliphatic heterocycles. The molecule has 0 amide bonds. The fourth-order valence-electron chi connectivity index (χ4n) is 2.53. The van der Waals surface area contributed by atoms with Gasteiger partial charge in [-0.25, -0.2) is 8.42 Å². The van der Waals surface area contributed by atoms with Crippen LogP contribution in [0.4, 0.5) is 0 Å². The standard InChI is InChI=1S/C11H20N4O2S/c1-2-15(10-5-3-9(12)4-6-10)18(16,17)11-7-8-13-14-11/h7-10H,2-6,12H2,1H3,(H,13,14). The molecule has 1 aliphatic carbocycles. The van der Waals surface area contributed by atoms with Gasteiger partial charge in [0.25, 0.3) is 10.0 Å². The first kappa shape index (κ1) is 13.5. The van der Waals surface area contributed by atoms with E-state index in [4.69, 9.17) is 5.73 Å². The monoisotopic (exact) mass is 272 g/mol. The lowest BCUT2D eigenvalue weighted by Crippen LogP contribution is -2.44. The third-order valence-corrected chi connectivity index (χ3v) is 5.48. The minimum Gasteiger partial charge on any atom is -0.328 e. The summed E-state index contributed by atoms with van der Waals surface area (Å²) in [6.07, 6.45) is 4.90. The number of nitrogens with two attached hydrogens (primary N) is 1. The lowest BCUT2D eigenvalue weighted by Gasteiger charge is -2.34. The molecular formula is C11H20N4O2S. The summed E-state index contributed by atoms with van der Waals surface area (Å²) in [7, 11) is -3.45. The lowest BCUT2D eigenvalue weighted by molar-refractivity contribution is 0.246. The summed E-state index contributed by atoms with van der Waals surface area (Å²) in [5, 5.41) is 6.41. The minimum atomic E-state index is -3.45. The van der Waals surface area contributed by atoms with Gasteiger partial charge in [0, 0.05) is 18.6 Å². The topological polar surface area (TPSA) is 92.1 Å². The highest BCUT2D eigenvalue weighted by molar-refractivity contribution is 7.89. The number of nitrogens with one attached hydrogen (secondary N) is 1. The predicted octanol–water partition coefficient (Wildman–Crippen LogP) is 0.690. The maximum absolute atomic E-state index is 12.4. The van der Waals surface area contributed by atoms with Crippen LogP contribution < -0.4 is 5.73 Å². The number of aromatic nitrogens is 2. The molecule has 1 aliphatic rings. The molecular weight excluding hydrogens is 252 g/mol. The molecule has 0 aromatic carbocycles. The number of nitrogens with zero attached hydrogens (tertiary/aromatic N) is 2. The highest BCUT2D eigenvalue weighted by atomic mass is 32.2. The van der Waals surface area contributed by atoms with E-state index in [1.807, 2.05) is 6.92 Å². The van der Waals surface area contributed by atoms with Crippen molar-refractivity contribution in [1.82, 2.24) is 14.5 Å². The van der Waals surface area contributed by atoms with Gasteiger partial charge in [-0.1, -0.05) is 6.92 Å². The van der Waals surface area contributed by atoms with Crippen molar-refractivity contribution in [1.29, 1.82) is 0 Å². The SMILES string of the molecule is CCN(C1CCC(N)CC1)S(=O)(=O)c1ccn[nH]1. The van der Waals surface area contributed by atoms with Gasteiger partial charge >= 0.3 is 0 Å². The molecule has 0 saturated heterocycles. The lowest BCUT2D eigenvalue weighted by atomic mass is 9.92. The summed E-state index contributed by atoms with van der Waals surface area (Å²) < 4.78 is 26.4. The molecule has 0 radical (unpaired) electrons. The molecule has 0 spiro atoms. The fourth-order valence-corrected chi connectivity index (χ4v) is 4.12. The van der Waals surface area contributed by atoms with Crippen LogP contribution in [0.5, 0.6) is 0 Å². The van der Waals surface area contributed by atoms with Crippen molar-refractivity contribution in [3.63, 3.8) is 0 Å². The summed E-state index contributed by atoms with van der Waals surface area (Å²) in [6, 6.07) is 1.77. The molecule has 0 unspecified atom stereocenters. The first-order valence-electron chi connectivity index (χ1n) is 6.32. The van der Waals surface area contributed by atoms with Gasteiger partial charge in [-0.05, 0) is 31.7 Å². The van der Waals surface area contributed by atoms with Gasteiger partial charge in [0.05, 0.1) is 6.20 Å². The maximum Gasteiger partial charge on any atom is 0.260 e. The Morgan fingerprint density at radius 2 is 2.11 bits per heavy atom. The third-order valence-electron chi connectivity index (χ3n) is 3.52. The van der Waals surface area contributed by atoms with Crippen LogP contribution in [0.15, 0.2) is 17.3 Å². The zero-order valence-corrected chi connectivity index (χ0v) is 11.4. The van der Waals surface area contributed by atoms with Crippen LogP contribution >= 0.6 is 0 Å². The Hall–Kier alpha value is -0.920. The van der Waals surface area contributed by atoms with E-state index in [1.165, 1.54) is 12.3 Å². The second-order valence-corrected chi connectivity index (χ2v) is 6.56. The molecule has 6 nitrogen and oxygen atoms in total. The van der Waals surface area contributed by atoms with Crippen LogP contribution in [0, 0.1) is 0 Å². The van der Waals surface area contributed by atoms with Gasteiger partial charge in [0.1, 0.15) is 0 Å². The average molecular weight is 272 g/mol. The van der Waals surface area contributed by atoms with E-state index in [0.29, 0.717) is 6.54 Å². The molecule has 1 aromatic rings. The number of rotatable bonds is 4. The number of hydrogen-bond donors (Lipinski definition) is 2. The molecule has 1 fully saturated rings.